The molecule has 1 saturated heterocycles. The highest BCUT2D eigenvalue weighted by molar-refractivity contribution is 6.03. The van der Waals surface area contributed by atoms with Gasteiger partial charge in [-0.1, -0.05) is 0 Å². The number of nitrogens with one attached hydrogen (secondary N) is 1. The van der Waals surface area contributed by atoms with Crippen molar-refractivity contribution >= 4 is 28.9 Å². The van der Waals surface area contributed by atoms with Gasteiger partial charge in [0.2, 0.25) is 11.8 Å². The van der Waals surface area contributed by atoms with E-state index in [2.05, 4.69) is 5.32 Å². The van der Waals surface area contributed by atoms with Crippen molar-refractivity contribution < 1.29 is 14.3 Å². The fourth-order valence-corrected chi connectivity index (χ4v) is 2.98. The molecule has 1 N–H and O–H groups in total. The normalized spacial score (nSPS) is 16.5. The van der Waals surface area contributed by atoms with Gasteiger partial charge in [-0.05, 0) is 48.5 Å². The zero-order chi connectivity index (χ0) is 18.7. The zero-order valence-electron chi connectivity index (χ0n) is 15.2. The lowest BCUT2D eigenvalue weighted by atomic mass is 10.1. The maximum atomic E-state index is 12.5. The van der Waals surface area contributed by atoms with Crippen LogP contribution in [0.4, 0.5) is 17.1 Å². The minimum absolute atomic E-state index is 0.0433. The molecule has 1 heterocycles. The predicted octanol–water partition coefficient (Wildman–Crippen LogP) is 2.75. The molecule has 2 amide bonds. The Morgan fingerprint density at radius 2 is 1.77 bits per heavy atom. The molecule has 0 unspecified atom stereocenters. The number of anilines is 3. The smallest absolute Gasteiger partial charge is 0.229 e. The van der Waals surface area contributed by atoms with Crippen LogP contribution < -0.4 is 19.9 Å². The third kappa shape index (κ3) is 3.79. The first-order chi connectivity index (χ1) is 12.5. The number of nitrogens with zero attached hydrogens (tertiary/aromatic N) is 2. The van der Waals surface area contributed by atoms with Crippen LogP contribution in [0.25, 0.3) is 0 Å². The summed E-state index contributed by atoms with van der Waals surface area (Å²) in [5.74, 6) is 0.194. The van der Waals surface area contributed by atoms with Crippen molar-refractivity contribution in [2.45, 2.75) is 6.42 Å². The van der Waals surface area contributed by atoms with E-state index in [0.717, 1.165) is 22.8 Å². The number of benzene rings is 2. The monoisotopic (exact) mass is 353 g/mol. The molecule has 6 heteroatoms. The Morgan fingerprint density at radius 1 is 1.12 bits per heavy atom. The Morgan fingerprint density at radius 3 is 2.35 bits per heavy atom. The molecule has 2 aromatic carbocycles. The molecule has 0 spiro atoms. The van der Waals surface area contributed by atoms with Crippen LogP contribution in [0, 0.1) is 5.92 Å². The Kier molecular flexibility index (Phi) is 5.11. The van der Waals surface area contributed by atoms with Crippen molar-refractivity contribution in [1.29, 1.82) is 0 Å². The molecule has 26 heavy (non-hydrogen) atoms. The quantitative estimate of drug-likeness (QED) is 0.898. The molecular formula is C20H23N3O3. The summed E-state index contributed by atoms with van der Waals surface area (Å²) < 4.78 is 5.14. The van der Waals surface area contributed by atoms with E-state index >= 15 is 0 Å². The average molecular weight is 353 g/mol. The molecule has 1 fully saturated rings. The van der Waals surface area contributed by atoms with E-state index in [9.17, 15) is 9.59 Å². The third-order valence-electron chi connectivity index (χ3n) is 4.53. The Balaban J connectivity index is 1.64. The van der Waals surface area contributed by atoms with Crippen LogP contribution in [0.15, 0.2) is 48.5 Å². The summed E-state index contributed by atoms with van der Waals surface area (Å²) in [4.78, 5) is 28.5. The van der Waals surface area contributed by atoms with Crippen LogP contribution in [0.5, 0.6) is 5.75 Å². The van der Waals surface area contributed by atoms with E-state index in [4.69, 9.17) is 4.74 Å². The van der Waals surface area contributed by atoms with Crippen molar-refractivity contribution in [3.8, 4) is 5.75 Å². The number of rotatable bonds is 5. The van der Waals surface area contributed by atoms with Crippen molar-refractivity contribution in [3.63, 3.8) is 0 Å². The van der Waals surface area contributed by atoms with Gasteiger partial charge in [0.05, 0.1) is 13.0 Å². The molecule has 0 aliphatic carbocycles. The first-order valence-electron chi connectivity index (χ1n) is 8.50. The lowest BCUT2D eigenvalue weighted by Crippen LogP contribution is -2.28. The summed E-state index contributed by atoms with van der Waals surface area (Å²) in [7, 11) is 5.53. The fraction of sp³-hybridized carbons (Fsp3) is 0.300. The van der Waals surface area contributed by atoms with Crippen molar-refractivity contribution in [2.75, 3.05) is 42.9 Å². The molecule has 3 rings (SSSR count). The number of methoxy groups -OCH3 is 1. The number of amides is 2. The van der Waals surface area contributed by atoms with E-state index in [1.165, 1.54) is 0 Å². The molecule has 136 valence electrons. The molecular weight excluding hydrogens is 330 g/mol. The van der Waals surface area contributed by atoms with Gasteiger partial charge in [0.25, 0.3) is 0 Å². The fourth-order valence-electron chi connectivity index (χ4n) is 2.98. The Bertz CT molecular complexity index is 785. The third-order valence-corrected chi connectivity index (χ3v) is 4.53. The Hall–Kier alpha value is -3.02. The van der Waals surface area contributed by atoms with E-state index in [0.29, 0.717) is 6.54 Å². The van der Waals surface area contributed by atoms with Gasteiger partial charge in [-0.25, -0.2) is 0 Å². The van der Waals surface area contributed by atoms with Crippen molar-refractivity contribution in [3.05, 3.63) is 48.5 Å². The van der Waals surface area contributed by atoms with Gasteiger partial charge in [0.15, 0.2) is 0 Å². The second kappa shape index (κ2) is 7.47. The van der Waals surface area contributed by atoms with E-state index in [1.807, 2.05) is 67.5 Å². The molecule has 0 radical (unpaired) electrons. The van der Waals surface area contributed by atoms with Gasteiger partial charge in [0.1, 0.15) is 5.75 Å². The predicted molar refractivity (Wildman–Crippen MR) is 103 cm³/mol. The summed E-state index contributed by atoms with van der Waals surface area (Å²) >= 11 is 0. The van der Waals surface area contributed by atoms with Gasteiger partial charge in [-0.2, -0.15) is 0 Å². The van der Waals surface area contributed by atoms with E-state index in [-0.39, 0.29) is 24.2 Å². The highest BCUT2D eigenvalue weighted by Crippen LogP contribution is 2.27. The number of ether oxygens (including phenoxy) is 1. The maximum absolute atomic E-state index is 12.5. The molecule has 1 aliphatic rings. The van der Waals surface area contributed by atoms with Crippen LogP contribution in [0.2, 0.25) is 0 Å². The minimum Gasteiger partial charge on any atom is -0.497 e. The lowest BCUT2D eigenvalue weighted by molar-refractivity contribution is -0.122. The molecule has 0 aromatic heterocycles. The summed E-state index contributed by atoms with van der Waals surface area (Å²) in [5, 5.41) is 2.90. The maximum Gasteiger partial charge on any atom is 0.229 e. The molecule has 6 nitrogen and oxygen atoms in total. The molecule has 1 atom stereocenters. The van der Waals surface area contributed by atoms with E-state index < -0.39 is 0 Å². The number of carbonyl (C=O) groups is 2. The standard InChI is InChI=1S/C20H23N3O3/c1-22(2)16-6-4-15(5-7-16)21-20(25)14-12-19(24)23(13-14)17-8-10-18(26-3)11-9-17/h4-11,14H,12-13H2,1-3H3,(H,21,25)/t14-/m0/s1. The first kappa shape index (κ1) is 17.8. The van der Waals surface area contributed by atoms with Crippen LogP contribution in [0.3, 0.4) is 0 Å². The zero-order valence-corrected chi connectivity index (χ0v) is 15.2. The van der Waals surface area contributed by atoms with Crippen molar-refractivity contribution in [1.82, 2.24) is 0 Å². The highest BCUT2D eigenvalue weighted by Gasteiger charge is 2.35. The minimum atomic E-state index is -0.363. The Labute approximate surface area is 153 Å². The highest BCUT2D eigenvalue weighted by atomic mass is 16.5. The average Bonchev–Trinajstić information content (AvgIpc) is 3.04. The lowest BCUT2D eigenvalue weighted by Gasteiger charge is -2.17. The summed E-state index contributed by atoms with van der Waals surface area (Å²) in [6, 6.07) is 14.9. The number of hydrogen-bond acceptors (Lipinski definition) is 4. The number of carbonyl (C=O) groups excluding carboxylic acids is 2. The summed E-state index contributed by atoms with van der Waals surface area (Å²) in [6.07, 6.45) is 0.216. The first-order valence-corrected chi connectivity index (χ1v) is 8.50. The topological polar surface area (TPSA) is 61.9 Å². The number of hydrogen-bond donors (Lipinski definition) is 1. The van der Waals surface area contributed by atoms with Gasteiger partial charge >= 0.3 is 0 Å². The summed E-state index contributed by atoms with van der Waals surface area (Å²) in [6.45, 7) is 0.382. The van der Waals surface area contributed by atoms with Gasteiger partial charge in [-0.15, -0.1) is 0 Å². The second-order valence-corrected chi connectivity index (χ2v) is 6.53. The van der Waals surface area contributed by atoms with Crippen LogP contribution in [-0.2, 0) is 9.59 Å². The second-order valence-electron chi connectivity index (χ2n) is 6.53. The van der Waals surface area contributed by atoms with Gasteiger partial charge < -0.3 is 19.9 Å². The van der Waals surface area contributed by atoms with Gasteiger partial charge in [-0.3, -0.25) is 9.59 Å². The molecule has 0 bridgehead atoms. The van der Waals surface area contributed by atoms with Crippen LogP contribution in [0.1, 0.15) is 6.42 Å². The SMILES string of the molecule is COc1ccc(N2C[C@@H](C(=O)Nc3ccc(N(C)C)cc3)CC2=O)cc1. The molecule has 0 saturated carbocycles. The van der Waals surface area contributed by atoms with E-state index in [1.54, 1.807) is 12.0 Å². The largest absolute Gasteiger partial charge is 0.497 e. The van der Waals surface area contributed by atoms with Crippen LogP contribution in [-0.4, -0.2) is 39.6 Å². The summed E-state index contributed by atoms with van der Waals surface area (Å²) in [5.41, 5.74) is 2.57. The van der Waals surface area contributed by atoms with Crippen LogP contribution >= 0.6 is 0 Å². The van der Waals surface area contributed by atoms with Gasteiger partial charge in [0, 0.05) is 44.1 Å². The molecule has 1 aliphatic heterocycles. The van der Waals surface area contributed by atoms with Crippen molar-refractivity contribution in [2.24, 2.45) is 5.92 Å². The molecule has 2 aromatic rings.